The maximum absolute atomic E-state index is 14.0. The van der Waals surface area contributed by atoms with Crippen molar-refractivity contribution in [2.75, 3.05) is 20.2 Å². The fraction of sp³-hybridized carbons (Fsp3) is 0.300. The number of amides is 1. The van der Waals surface area contributed by atoms with Crippen LogP contribution in [0.25, 0.3) is 0 Å². The number of ketones is 1. The number of carbonyl (C=O) groups excluding carboxylic acids is 2. The van der Waals surface area contributed by atoms with Gasteiger partial charge in [0.1, 0.15) is 5.82 Å². The fourth-order valence-corrected chi connectivity index (χ4v) is 3.43. The van der Waals surface area contributed by atoms with E-state index >= 15 is 0 Å². The molecule has 0 spiro atoms. The van der Waals surface area contributed by atoms with E-state index in [9.17, 15) is 18.4 Å². The minimum atomic E-state index is -0.657. The minimum absolute atomic E-state index is 0.0587. The largest absolute Gasteiger partial charge is 0.494 e. The predicted octanol–water partition coefficient (Wildman–Crippen LogP) is 4.36. The van der Waals surface area contributed by atoms with Crippen molar-refractivity contribution in [3.63, 3.8) is 0 Å². The van der Waals surface area contributed by atoms with Crippen LogP contribution in [0.2, 0.25) is 5.02 Å². The predicted molar refractivity (Wildman–Crippen MR) is 97.3 cm³/mol. The van der Waals surface area contributed by atoms with E-state index in [1.54, 1.807) is 0 Å². The third-order valence-corrected chi connectivity index (χ3v) is 4.91. The highest BCUT2D eigenvalue weighted by Gasteiger charge is 2.30. The Balaban J connectivity index is 1.77. The van der Waals surface area contributed by atoms with Gasteiger partial charge in [-0.2, -0.15) is 0 Å². The molecule has 1 unspecified atom stereocenters. The Bertz CT molecular complexity index is 888. The number of carbonyl (C=O) groups is 2. The molecule has 2 aromatic carbocycles. The summed E-state index contributed by atoms with van der Waals surface area (Å²) in [5.74, 6) is -2.45. The van der Waals surface area contributed by atoms with Gasteiger partial charge < -0.3 is 9.64 Å². The van der Waals surface area contributed by atoms with Crippen LogP contribution in [0.5, 0.6) is 5.75 Å². The molecule has 0 radical (unpaired) electrons. The number of piperidine rings is 1. The zero-order chi connectivity index (χ0) is 19.6. The highest BCUT2D eigenvalue weighted by atomic mass is 35.5. The SMILES string of the molecule is COc1ccc(C(=O)C2CCCN(C(=O)c3cc(Cl)ccc3F)C2)cc1F. The molecular formula is C20H18ClF2NO3. The number of ether oxygens (including phenoxy) is 1. The van der Waals surface area contributed by atoms with Gasteiger partial charge in [-0.25, -0.2) is 8.78 Å². The summed E-state index contributed by atoms with van der Waals surface area (Å²) in [7, 11) is 1.35. The van der Waals surface area contributed by atoms with Crippen molar-refractivity contribution in [3.8, 4) is 5.75 Å². The van der Waals surface area contributed by atoms with Crippen molar-refractivity contribution >= 4 is 23.3 Å². The molecule has 27 heavy (non-hydrogen) atoms. The van der Waals surface area contributed by atoms with Gasteiger partial charge >= 0.3 is 0 Å². The molecule has 0 saturated carbocycles. The summed E-state index contributed by atoms with van der Waals surface area (Å²) in [6, 6.07) is 7.83. The molecule has 4 nitrogen and oxygen atoms in total. The van der Waals surface area contributed by atoms with Gasteiger partial charge in [0.05, 0.1) is 12.7 Å². The number of benzene rings is 2. The average molecular weight is 394 g/mol. The lowest BCUT2D eigenvalue weighted by Gasteiger charge is -2.32. The summed E-state index contributed by atoms with van der Waals surface area (Å²) in [6.07, 6.45) is 1.18. The monoisotopic (exact) mass is 393 g/mol. The lowest BCUT2D eigenvalue weighted by Crippen LogP contribution is -2.42. The van der Waals surface area contributed by atoms with E-state index < -0.39 is 23.5 Å². The molecule has 1 atom stereocenters. The molecule has 1 fully saturated rings. The van der Waals surface area contributed by atoms with Crippen LogP contribution in [0, 0.1) is 17.6 Å². The highest BCUT2D eigenvalue weighted by molar-refractivity contribution is 6.31. The van der Waals surface area contributed by atoms with Crippen molar-refractivity contribution in [3.05, 3.63) is 64.2 Å². The van der Waals surface area contributed by atoms with Gasteiger partial charge in [-0.3, -0.25) is 9.59 Å². The lowest BCUT2D eigenvalue weighted by atomic mass is 9.89. The van der Waals surface area contributed by atoms with E-state index in [-0.39, 0.29) is 34.2 Å². The van der Waals surface area contributed by atoms with Crippen LogP contribution in [-0.4, -0.2) is 36.8 Å². The zero-order valence-electron chi connectivity index (χ0n) is 14.7. The lowest BCUT2D eigenvalue weighted by molar-refractivity contribution is 0.0633. The van der Waals surface area contributed by atoms with Gasteiger partial charge in [-0.05, 0) is 49.2 Å². The maximum atomic E-state index is 14.0. The van der Waals surface area contributed by atoms with E-state index in [1.165, 1.54) is 36.3 Å². The van der Waals surface area contributed by atoms with Crippen LogP contribution < -0.4 is 4.74 Å². The summed E-state index contributed by atoms with van der Waals surface area (Å²) in [5, 5.41) is 0.262. The van der Waals surface area contributed by atoms with Gasteiger partial charge in [-0.1, -0.05) is 11.6 Å². The Hall–Kier alpha value is -2.47. The Labute approximate surface area is 160 Å². The molecule has 3 rings (SSSR count). The van der Waals surface area contributed by atoms with Crippen LogP contribution in [0.1, 0.15) is 33.6 Å². The first-order chi connectivity index (χ1) is 12.9. The molecule has 7 heteroatoms. The topological polar surface area (TPSA) is 46.6 Å². The maximum Gasteiger partial charge on any atom is 0.256 e. The number of hydrogen-bond donors (Lipinski definition) is 0. The number of likely N-dealkylation sites (tertiary alicyclic amines) is 1. The third kappa shape index (κ3) is 4.11. The van der Waals surface area contributed by atoms with E-state index in [1.807, 2.05) is 0 Å². The number of Topliss-reactive ketones (excluding diaryl/α,β-unsaturated/α-hetero) is 1. The van der Waals surface area contributed by atoms with Gasteiger partial charge in [0.2, 0.25) is 0 Å². The Kier molecular flexibility index (Phi) is 5.75. The molecule has 0 bridgehead atoms. The smallest absolute Gasteiger partial charge is 0.256 e. The summed E-state index contributed by atoms with van der Waals surface area (Å²) < 4.78 is 32.7. The Morgan fingerprint density at radius 2 is 1.93 bits per heavy atom. The van der Waals surface area contributed by atoms with Crippen molar-refractivity contribution < 1.29 is 23.1 Å². The molecule has 2 aromatic rings. The Morgan fingerprint density at radius 1 is 1.15 bits per heavy atom. The highest BCUT2D eigenvalue weighted by Crippen LogP contribution is 2.26. The summed E-state index contributed by atoms with van der Waals surface area (Å²) in [6.45, 7) is 0.572. The quantitative estimate of drug-likeness (QED) is 0.725. The normalized spacial score (nSPS) is 16.9. The van der Waals surface area contributed by atoms with Crippen LogP contribution >= 0.6 is 11.6 Å². The first-order valence-corrected chi connectivity index (χ1v) is 8.90. The Morgan fingerprint density at radius 3 is 2.63 bits per heavy atom. The molecule has 0 aromatic heterocycles. The molecule has 0 N–H and O–H groups in total. The van der Waals surface area contributed by atoms with E-state index in [0.29, 0.717) is 19.4 Å². The number of halogens is 3. The molecule has 1 amide bonds. The van der Waals surface area contributed by atoms with Crippen molar-refractivity contribution in [2.24, 2.45) is 5.92 Å². The van der Waals surface area contributed by atoms with Crippen LogP contribution in [-0.2, 0) is 0 Å². The second-order valence-electron chi connectivity index (χ2n) is 6.43. The van der Waals surface area contributed by atoms with Gasteiger partial charge in [0, 0.05) is 29.6 Å². The average Bonchev–Trinajstić information content (AvgIpc) is 2.68. The van der Waals surface area contributed by atoms with E-state index in [4.69, 9.17) is 16.3 Å². The standard InChI is InChI=1S/C20H18ClF2NO3/c1-27-18-7-4-12(9-17(18)23)19(25)13-3-2-8-24(11-13)20(26)15-10-14(21)5-6-16(15)22/h4-7,9-10,13H,2-3,8,11H2,1H3. The summed E-state index contributed by atoms with van der Waals surface area (Å²) in [4.78, 5) is 26.8. The van der Waals surface area contributed by atoms with Gasteiger partial charge in [0.25, 0.3) is 5.91 Å². The van der Waals surface area contributed by atoms with Crippen molar-refractivity contribution in [1.82, 2.24) is 4.90 Å². The van der Waals surface area contributed by atoms with Crippen LogP contribution in [0.15, 0.2) is 36.4 Å². The molecular weight excluding hydrogens is 376 g/mol. The van der Waals surface area contributed by atoms with Gasteiger partial charge in [-0.15, -0.1) is 0 Å². The fourth-order valence-electron chi connectivity index (χ4n) is 3.26. The van der Waals surface area contributed by atoms with Crippen molar-refractivity contribution in [2.45, 2.75) is 12.8 Å². The molecule has 142 valence electrons. The number of methoxy groups -OCH3 is 1. The summed E-state index contributed by atoms with van der Waals surface area (Å²) in [5.41, 5.74) is 0.104. The second-order valence-corrected chi connectivity index (χ2v) is 6.86. The molecule has 1 aliphatic heterocycles. The number of rotatable bonds is 4. The van der Waals surface area contributed by atoms with E-state index in [2.05, 4.69) is 0 Å². The molecule has 0 aliphatic carbocycles. The minimum Gasteiger partial charge on any atom is -0.494 e. The van der Waals surface area contributed by atoms with E-state index in [0.717, 1.165) is 12.1 Å². The summed E-state index contributed by atoms with van der Waals surface area (Å²) >= 11 is 5.86. The van der Waals surface area contributed by atoms with Crippen LogP contribution in [0.4, 0.5) is 8.78 Å². The molecule has 1 saturated heterocycles. The first kappa shape index (κ1) is 19.3. The number of hydrogen-bond acceptors (Lipinski definition) is 3. The number of nitrogens with zero attached hydrogens (tertiary/aromatic N) is 1. The van der Waals surface area contributed by atoms with Crippen LogP contribution in [0.3, 0.4) is 0 Å². The first-order valence-electron chi connectivity index (χ1n) is 8.52. The van der Waals surface area contributed by atoms with Crippen molar-refractivity contribution in [1.29, 1.82) is 0 Å². The third-order valence-electron chi connectivity index (χ3n) is 4.67. The second kappa shape index (κ2) is 8.05. The van der Waals surface area contributed by atoms with Gasteiger partial charge in [0.15, 0.2) is 17.3 Å². The molecule has 1 aliphatic rings. The molecule has 1 heterocycles. The zero-order valence-corrected chi connectivity index (χ0v) is 15.4.